The summed E-state index contributed by atoms with van der Waals surface area (Å²) in [7, 11) is 0. The zero-order chi connectivity index (χ0) is 24.8. The first-order valence-electron chi connectivity index (χ1n) is 10.6. The SMILES string of the molecule is C[C@H](NC(=O)CSC1=N/C(=C\c2ccco2)C(=O)N1c1ccc(OC(F)F)cc1)c1ccccc1. The quantitative estimate of drug-likeness (QED) is 0.431. The Kier molecular flexibility index (Phi) is 7.61. The third-order valence-corrected chi connectivity index (χ3v) is 5.92. The maximum atomic E-state index is 13.1. The summed E-state index contributed by atoms with van der Waals surface area (Å²) in [4.78, 5) is 31.5. The molecule has 7 nitrogen and oxygen atoms in total. The molecule has 0 saturated heterocycles. The Morgan fingerprint density at radius 2 is 1.89 bits per heavy atom. The average Bonchev–Trinajstić information content (AvgIpc) is 3.47. The van der Waals surface area contributed by atoms with Crippen LogP contribution in [-0.2, 0) is 9.59 Å². The molecule has 4 rings (SSSR count). The predicted molar refractivity (Wildman–Crippen MR) is 130 cm³/mol. The lowest BCUT2D eigenvalue weighted by atomic mass is 10.1. The van der Waals surface area contributed by atoms with Crippen molar-refractivity contribution < 1.29 is 27.5 Å². The number of carbonyl (C=O) groups excluding carboxylic acids is 2. The number of amidine groups is 1. The molecular weight excluding hydrogens is 476 g/mol. The Bertz CT molecular complexity index is 1230. The molecule has 1 aliphatic heterocycles. The van der Waals surface area contributed by atoms with Crippen molar-refractivity contribution in [2.24, 2.45) is 4.99 Å². The second-order valence-corrected chi connectivity index (χ2v) is 8.38. The summed E-state index contributed by atoms with van der Waals surface area (Å²) >= 11 is 1.09. The van der Waals surface area contributed by atoms with Crippen LogP contribution in [0.15, 0.2) is 88.1 Å². The van der Waals surface area contributed by atoms with Crippen molar-refractivity contribution in [2.75, 3.05) is 10.7 Å². The monoisotopic (exact) mass is 497 g/mol. The van der Waals surface area contributed by atoms with Gasteiger partial charge in [0.05, 0.1) is 23.7 Å². The van der Waals surface area contributed by atoms with Crippen molar-refractivity contribution in [1.29, 1.82) is 0 Å². The fourth-order valence-corrected chi connectivity index (χ4v) is 4.17. The minimum Gasteiger partial charge on any atom is -0.465 e. The summed E-state index contributed by atoms with van der Waals surface area (Å²) < 4.78 is 34.6. The molecule has 0 spiro atoms. The lowest BCUT2D eigenvalue weighted by molar-refractivity contribution is -0.119. The van der Waals surface area contributed by atoms with Crippen LogP contribution in [0.4, 0.5) is 14.5 Å². The molecule has 35 heavy (non-hydrogen) atoms. The van der Waals surface area contributed by atoms with Crippen LogP contribution in [-0.4, -0.2) is 29.3 Å². The Labute approximate surface area is 204 Å². The molecule has 2 amide bonds. The maximum absolute atomic E-state index is 13.1. The number of alkyl halides is 2. The normalized spacial score (nSPS) is 15.4. The van der Waals surface area contributed by atoms with Gasteiger partial charge >= 0.3 is 6.61 Å². The molecule has 180 valence electrons. The molecule has 2 aromatic carbocycles. The first-order valence-corrected chi connectivity index (χ1v) is 11.6. The number of benzene rings is 2. The van der Waals surface area contributed by atoms with Gasteiger partial charge in [-0.25, -0.2) is 4.99 Å². The van der Waals surface area contributed by atoms with Crippen LogP contribution in [0.3, 0.4) is 0 Å². The van der Waals surface area contributed by atoms with Crippen molar-refractivity contribution in [2.45, 2.75) is 19.6 Å². The highest BCUT2D eigenvalue weighted by atomic mass is 32.2. The molecule has 0 fully saturated rings. The molecule has 2 heterocycles. The van der Waals surface area contributed by atoms with Gasteiger partial charge in [-0.15, -0.1) is 0 Å². The van der Waals surface area contributed by atoms with Gasteiger partial charge < -0.3 is 14.5 Å². The number of rotatable bonds is 8. The van der Waals surface area contributed by atoms with Crippen molar-refractivity contribution >= 4 is 40.5 Å². The molecule has 0 unspecified atom stereocenters. The van der Waals surface area contributed by atoms with Gasteiger partial charge in [-0.3, -0.25) is 14.5 Å². The predicted octanol–water partition coefficient (Wildman–Crippen LogP) is 5.24. The molecule has 3 aromatic rings. The van der Waals surface area contributed by atoms with E-state index in [-0.39, 0.29) is 34.3 Å². The number of ether oxygens (including phenoxy) is 1. The number of carbonyl (C=O) groups is 2. The summed E-state index contributed by atoms with van der Waals surface area (Å²) in [6.45, 7) is -1.07. The standard InChI is InChI=1S/C25H21F2N3O4S/c1-16(17-6-3-2-4-7-17)28-22(31)15-35-25-29-21(14-20-8-5-13-33-20)23(32)30(25)18-9-11-19(12-10-18)34-24(26)27/h2-14,16,24H,15H2,1H3,(H,28,31)/b21-14-/t16-/m0/s1. The highest BCUT2D eigenvalue weighted by molar-refractivity contribution is 8.14. The van der Waals surface area contributed by atoms with E-state index < -0.39 is 12.5 Å². The summed E-state index contributed by atoms with van der Waals surface area (Å²) in [5.41, 5.74) is 1.48. The molecule has 1 N–H and O–H groups in total. The molecule has 0 saturated carbocycles. The van der Waals surface area contributed by atoms with Crippen LogP contribution in [0.1, 0.15) is 24.3 Å². The van der Waals surface area contributed by atoms with Crippen molar-refractivity contribution in [3.8, 4) is 5.75 Å². The van der Waals surface area contributed by atoms with E-state index in [2.05, 4.69) is 15.0 Å². The van der Waals surface area contributed by atoms with Crippen LogP contribution in [0.2, 0.25) is 0 Å². The Morgan fingerprint density at radius 3 is 2.54 bits per heavy atom. The van der Waals surface area contributed by atoms with Gasteiger partial charge in [0.25, 0.3) is 5.91 Å². The minimum absolute atomic E-state index is 0.0143. The molecule has 10 heteroatoms. The zero-order valence-electron chi connectivity index (χ0n) is 18.6. The molecule has 1 aliphatic rings. The van der Waals surface area contributed by atoms with Crippen molar-refractivity contribution in [3.05, 3.63) is 90.0 Å². The summed E-state index contributed by atoms with van der Waals surface area (Å²) in [6.07, 6.45) is 2.97. The number of nitrogens with zero attached hydrogens (tertiary/aromatic N) is 2. The molecular formula is C25H21F2N3O4S. The Hall–Kier alpha value is -3.92. The molecule has 0 radical (unpaired) electrons. The zero-order valence-corrected chi connectivity index (χ0v) is 19.4. The second-order valence-electron chi connectivity index (χ2n) is 7.44. The van der Waals surface area contributed by atoms with Crippen LogP contribution in [0, 0.1) is 0 Å². The Balaban J connectivity index is 1.51. The number of aliphatic imine (C=N–C) groups is 1. The van der Waals surface area contributed by atoms with E-state index >= 15 is 0 Å². The fourth-order valence-electron chi connectivity index (χ4n) is 3.34. The van der Waals surface area contributed by atoms with Crippen molar-refractivity contribution in [3.63, 3.8) is 0 Å². The van der Waals surface area contributed by atoms with E-state index in [1.165, 1.54) is 41.5 Å². The van der Waals surface area contributed by atoms with Crippen LogP contribution in [0.25, 0.3) is 6.08 Å². The first-order chi connectivity index (χ1) is 16.9. The first kappa shape index (κ1) is 24.2. The van der Waals surface area contributed by atoms with Gasteiger partial charge in [0.15, 0.2) is 5.17 Å². The van der Waals surface area contributed by atoms with E-state index in [0.29, 0.717) is 11.4 Å². The number of anilines is 1. The molecule has 1 atom stereocenters. The minimum atomic E-state index is -2.96. The molecule has 0 bridgehead atoms. The van der Waals surface area contributed by atoms with E-state index in [0.717, 1.165) is 17.3 Å². The number of halogens is 2. The van der Waals surface area contributed by atoms with E-state index in [9.17, 15) is 18.4 Å². The average molecular weight is 498 g/mol. The molecule has 0 aliphatic carbocycles. The van der Waals surface area contributed by atoms with Crippen molar-refractivity contribution in [1.82, 2.24) is 5.32 Å². The van der Waals surface area contributed by atoms with Gasteiger partial charge in [0, 0.05) is 6.08 Å². The molecule has 1 aromatic heterocycles. The van der Waals surface area contributed by atoms with Gasteiger partial charge in [0.2, 0.25) is 5.91 Å². The number of nitrogens with one attached hydrogen (secondary N) is 1. The Morgan fingerprint density at radius 1 is 1.14 bits per heavy atom. The third kappa shape index (κ3) is 6.15. The highest BCUT2D eigenvalue weighted by Crippen LogP contribution is 2.31. The largest absolute Gasteiger partial charge is 0.465 e. The van der Waals surface area contributed by atoms with Gasteiger partial charge in [-0.1, -0.05) is 42.1 Å². The highest BCUT2D eigenvalue weighted by Gasteiger charge is 2.32. The van der Waals surface area contributed by atoms with E-state index in [4.69, 9.17) is 4.42 Å². The number of hydrogen-bond donors (Lipinski definition) is 1. The number of amides is 2. The lowest BCUT2D eigenvalue weighted by Gasteiger charge is -2.19. The number of furan rings is 1. The maximum Gasteiger partial charge on any atom is 0.387 e. The van der Waals surface area contributed by atoms with Crippen LogP contribution < -0.4 is 15.0 Å². The van der Waals surface area contributed by atoms with E-state index in [1.807, 2.05) is 37.3 Å². The number of hydrogen-bond acceptors (Lipinski definition) is 6. The fraction of sp³-hybridized carbons (Fsp3) is 0.160. The summed E-state index contributed by atoms with van der Waals surface area (Å²) in [6, 6.07) is 18.3. The summed E-state index contributed by atoms with van der Waals surface area (Å²) in [5.74, 6) is -0.254. The van der Waals surface area contributed by atoms with Crippen LogP contribution >= 0.6 is 11.8 Å². The topological polar surface area (TPSA) is 84.1 Å². The third-order valence-electron chi connectivity index (χ3n) is 4.98. The van der Waals surface area contributed by atoms with Gasteiger partial charge in [-0.05, 0) is 48.9 Å². The lowest BCUT2D eigenvalue weighted by Crippen LogP contribution is -2.33. The second kappa shape index (κ2) is 11.0. The van der Waals surface area contributed by atoms with E-state index in [1.54, 1.807) is 12.1 Å². The van der Waals surface area contributed by atoms with Gasteiger partial charge in [0.1, 0.15) is 17.2 Å². The van der Waals surface area contributed by atoms with Gasteiger partial charge in [-0.2, -0.15) is 8.78 Å². The van der Waals surface area contributed by atoms with Crippen LogP contribution in [0.5, 0.6) is 5.75 Å². The smallest absolute Gasteiger partial charge is 0.387 e. The summed E-state index contributed by atoms with van der Waals surface area (Å²) in [5, 5.41) is 3.20. The number of thioether (sulfide) groups is 1.